The molecule has 3 unspecified atom stereocenters. The smallest absolute Gasteiger partial charge is 0.239 e. The number of nitrogens with zero attached hydrogens (tertiary/aromatic N) is 2. The van der Waals surface area contributed by atoms with Crippen LogP contribution in [-0.2, 0) is 4.79 Å². The number of carbonyl (C=O) groups is 1. The molecule has 3 fully saturated rings. The summed E-state index contributed by atoms with van der Waals surface area (Å²) >= 11 is 0. The highest BCUT2D eigenvalue weighted by atomic mass is 16.1. The molecule has 0 aromatic rings. The Bertz CT molecular complexity index is 384. The topological polar surface area (TPSA) is 75.6 Å². The number of fused-ring (bicyclic) bond motifs is 1. The van der Waals surface area contributed by atoms with Crippen molar-refractivity contribution in [2.24, 2.45) is 17.4 Å². The average Bonchev–Trinajstić information content (AvgIpc) is 3.24. The van der Waals surface area contributed by atoms with E-state index < -0.39 is 5.54 Å². The van der Waals surface area contributed by atoms with Crippen molar-refractivity contribution in [2.45, 2.75) is 56.7 Å². The van der Waals surface area contributed by atoms with Gasteiger partial charge in [-0.15, -0.1) is 0 Å². The van der Waals surface area contributed by atoms with Crippen molar-refractivity contribution in [1.29, 1.82) is 0 Å². The van der Waals surface area contributed by atoms with E-state index in [0.29, 0.717) is 24.5 Å². The maximum absolute atomic E-state index is 11.8. The van der Waals surface area contributed by atoms with Crippen molar-refractivity contribution in [3.8, 4) is 0 Å². The van der Waals surface area contributed by atoms with E-state index in [0.717, 1.165) is 25.9 Å². The van der Waals surface area contributed by atoms with Crippen LogP contribution in [0.2, 0.25) is 0 Å². The zero-order chi connectivity index (χ0) is 14.3. The van der Waals surface area contributed by atoms with E-state index in [9.17, 15) is 4.79 Å². The Labute approximate surface area is 121 Å². The second kappa shape index (κ2) is 5.28. The van der Waals surface area contributed by atoms with Gasteiger partial charge in [-0.3, -0.25) is 14.6 Å². The van der Waals surface area contributed by atoms with Crippen molar-refractivity contribution in [1.82, 2.24) is 9.80 Å². The lowest BCUT2D eigenvalue weighted by Gasteiger charge is -2.49. The normalized spacial score (nSPS) is 35.3. The highest BCUT2D eigenvalue weighted by molar-refractivity contribution is 5.85. The minimum Gasteiger partial charge on any atom is -0.368 e. The fraction of sp³-hybridized carbons (Fsp3) is 0.933. The van der Waals surface area contributed by atoms with Gasteiger partial charge in [0.05, 0.1) is 0 Å². The number of piperidine rings is 1. The zero-order valence-corrected chi connectivity index (χ0v) is 12.6. The number of hydrogen-bond donors (Lipinski definition) is 2. The van der Waals surface area contributed by atoms with Crippen molar-refractivity contribution >= 4 is 5.91 Å². The highest BCUT2D eigenvalue weighted by Crippen LogP contribution is 2.39. The molecular formula is C15H28N4O. The lowest BCUT2D eigenvalue weighted by atomic mass is 9.90. The summed E-state index contributed by atoms with van der Waals surface area (Å²) in [5.41, 5.74) is 11.2. The highest BCUT2D eigenvalue weighted by Gasteiger charge is 2.49. The number of carbonyl (C=O) groups excluding carboxylic acids is 1. The van der Waals surface area contributed by atoms with Crippen LogP contribution in [0.3, 0.4) is 0 Å². The van der Waals surface area contributed by atoms with Gasteiger partial charge in [0, 0.05) is 31.7 Å². The Morgan fingerprint density at radius 3 is 2.65 bits per heavy atom. The molecule has 1 aliphatic carbocycles. The van der Waals surface area contributed by atoms with E-state index >= 15 is 0 Å². The van der Waals surface area contributed by atoms with Crippen molar-refractivity contribution in [2.75, 3.05) is 26.2 Å². The zero-order valence-electron chi connectivity index (χ0n) is 12.6. The third-order valence-corrected chi connectivity index (χ3v) is 5.55. The lowest BCUT2D eigenvalue weighted by Crippen LogP contribution is -2.66. The Hall–Kier alpha value is -0.650. The SMILES string of the molecule is CC1CN2CCCCC2CN1CC(N)(C(N)=O)C1CC1. The van der Waals surface area contributed by atoms with Gasteiger partial charge in [-0.1, -0.05) is 6.42 Å². The molecule has 5 heteroatoms. The van der Waals surface area contributed by atoms with E-state index in [1.165, 1.54) is 25.8 Å². The molecule has 0 aromatic carbocycles. The number of piperazine rings is 1. The first-order valence-electron chi connectivity index (χ1n) is 8.07. The number of amides is 1. The molecule has 2 aliphatic heterocycles. The molecule has 0 bridgehead atoms. The minimum absolute atomic E-state index is 0.302. The second-order valence-electron chi connectivity index (χ2n) is 7.10. The summed E-state index contributed by atoms with van der Waals surface area (Å²) in [5.74, 6) is -0.0186. The van der Waals surface area contributed by atoms with Gasteiger partial charge in [0.2, 0.25) is 5.91 Å². The van der Waals surface area contributed by atoms with Gasteiger partial charge >= 0.3 is 0 Å². The molecular weight excluding hydrogens is 252 g/mol. The first-order chi connectivity index (χ1) is 9.50. The molecule has 2 heterocycles. The van der Waals surface area contributed by atoms with E-state index in [4.69, 9.17) is 11.5 Å². The Morgan fingerprint density at radius 2 is 2.00 bits per heavy atom. The third kappa shape index (κ3) is 2.59. The van der Waals surface area contributed by atoms with Crippen LogP contribution in [0.5, 0.6) is 0 Å². The molecule has 3 rings (SSSR count). The van der Waals surface area contributed by atoms with E-state index in [1.54, 1.807) is 0 Å². The van der Waals surface area contributed by atoms with Crippen molar-refractivity contribution in [3.05, 3.63) is 0 Å². The molecule has 0 radical (unpaired) electrons. The summed E-state index contributed by atoms with van der Waals surface area (Å²) in [6.07, 6.45) is 6.04. The minimum atomic E-state index is -0.814. The molecule has 3 atom stereocenters. The molecule has 1 saturated carbocycles. The van der Waals surface area contributed by atoms with Crippen LogP contribution in [0, 0.1) is 5.92 Å². The molecule has 0 aromatic heterocycles. The van der Waals surface area contributed by atoms with Crippen LogP contribution in [0.1, 0.15) is 39.0 Å². The molecule has 4 N–H and O–H groups in total. The fourth-order valence-electron chi connectivity index (χ4n) is 3.98. The van der Waals surface area contributed by atoms with Crippen LogP contribution in [0.4, 0.5) is 0 Å². The monoisotopic (exact) mass is 280 g/mol. The Balaban J connectivity index is 1.68. The largest absolute Gasteiger partial charge is 0.368 e. The summed E-state index contributed by atoms with van der Waals surface area (Å²) in [5, 5.41) is 0. The predicted molar refractivity (Wildman–Crippen MR) is 79.1 cm³/mol. The van der Waals surface area contributed by atoms with E-state index in [-0.39, 0.29) is 5.91 Å². The molecule has 114 valence electrons. The number of primary amides is 1. The van der Waals surface area contributed by atoms with Gasteiger partial charge in [-0.05, 0) is 45.1 Å². The molecule has 5 nitrogen and oxygen atoms in total. The van der Waals surface area contributed by atoms with Crippen LogP contribution < -0.4 is 11.5 Å². The van der Waals surface area contributed by atoms with Crippen molar-refractivity contribution < 1.29 is 4.79 Å². The lowest BCUT2D eigenvalue weighted by molar-refractivity contribution is -0.125. The van der Waals surface area contributed by atoms with E-state index in [2.05, 4.69) is 16.7 Å². The summed E-state index contributed by atoms with van der Waals surface area (Å²) in [6, 6.07) is 1.11. The Kier molecular flexibility index (Phi) is 3.77. The van der Waals surface area contributed by atoms with Gasteiger partial charge in [0.15, 0.2) is 0 Å². The first kappa shape index (κ1) is 14.3. The molecule has 0 spiro atoms. The van der Waals surface area contributed by atoms with Crippen LogP contribution in [0.25, 0.3) is 0 Å². The Morgan fingerprint density at radius 1 is 1.25 bits per heavy atom. The second-order valence-corrected chi connectivity index (χ2v) is 7.10. The van der Waals surface area contributed by atoms with Crippen LogP contribution >= 0.6 is 0 Å². The number of hydrogen-bond acceptors (Lipinski definition) is 4. The fourth-order valence-corrected chi connectivity index (χ4v) is 3.98. The molecule has 1 amide bonds. The standard InChI is InChI=1S/C15H28N4O/c1-11-8-18-7-3-2-4-13(18)9-19(11)10-15(17,14(16)20)12-5-6-12/h11-13H,2-10,17H2,1H3,(H2,16,20). The molecule has 3 aliphatic rings. The van der Waals surface area contributed by atoms with Gasteiger partial charge in [-0.2, -0.15) is 0 Å². The van der Waals surface area contributed by atoms with Gasteiger partial charge in [0.1, 0.15) is 5.54 Å². The first-order valence-corrected chi connectivity index (χ1v) is 8.07. The molecule has 20 heavy (non-hydrogen) atoms. The summed E-state index contributed by atoms with van der Waals surface area (Å²) in [7, 11) is 0. The quantitative estimate of drug-likeness (QED) is 0.768. The summed E-state index contributed by atoms with van der Waals surface area (Å²) in [4.78, 5) is 16.9. The summed E-state index contributed by atoms with van der Waals surface area (Å²) in [6.45, 7) is 6.26. The third-order valence-electron chi connectivity index (χ3n) is 5.55. The van der Waals surface area contributed by atoms with Gasteiger partial charge in [0.25, 0.3) is 0 Å². The predicted octanol–water partition coefficient (Wildman–Crippen LogP) is 0.138. The maximum atomic E-state index is 11.8. The van der Waals surface area contributed by atoms with Crippen LogP contribution in [0.15, 0.2) is 0 Å². The van der Waals surface area contributed by atoms with Crippen molar-refractivity contribution in [3.63, 3.8) is 0 Å². The maximum Gasteiger partial charge on any atom is 0.239 e. The average molecular weight is 280 g/mol. The molecule has 2 saturated heterocycles. The number of rotatable bonds is 4. The summed E-state index contributed by atoms with van der Waals surface area (Å²) < 4.78 is 0. The van der Waals surface area contributed by atoms with Crippen LogP contribution in [-0.4, -0.2) is 59.5 Å². The van der Waals surface area contributed by atoms with Gasteiger partial charge in [-0.25, -0.2) is 0 Å². The van der Waals surface area contributed by atoms with E-state index in [1.807, 2.05) is 0 Å². The number of nitrogens with two attached hydrogens (primary N) is 2. The van der Waals surface area contributed by atoms with Gasteiger partial charge < -0.3 is 11.5 Å².